The van der Waals surface area contributed by atoms with Gasteiger partial charge in [-0.1, -0.05) is 60.7 Å². The van der Waals surface area contributed by atoms with Crippen molar-refractivity contribution in [2.24, 2.45) is 0 Å². The minimum atomic E-state index is -0.332. The summed E-state index contributed by atoms with van der Waals surface area (Å²) in [4.78, 5) is 20.7. The summed E-state index contributed by atoms with van der Waals surface area (Å²) in [6, 6.07) is 25.5. The number of nitro groups is 1. The zero-order valence-corrected chi connectivity index (χ0v) is 19.4. The maximum Gasteiger partial charge on any atom is 0.292 e. The van der Waals surface area contributed by atoms with E-state index in [1.165, 1.54) is 0 Å². The summed E-state index contributed by atoms with van der Waals surface area (Å²) in [5.74, 6) is 0. The van der Waals surface area contributed by atoms with Gasteiger partial charge in [0, 0.05) is 55.4 Å². The molecule has 1 saturated heterocycles. The summed E-state index contributed by atoms with van der Waals surface area (Å²) in [5.41, 5.74) is 4.84. The molecule has 0 unspecified atom stereocenters. The van der Waals surface area contributed by atoms with Crippen LogP contribution in [0.15, 0.2) is 84.2 Å². The Labute approximate surface area is 202 Å². The smallest absolute Gasteiger partial charge is 0.292 e. The normalized spacial score (nSPS) is 13.6. The second-order valence-corrected chi connectivity index (χ2v) is 8.99. The first kappa shape index (κ1) is 21.9. The van der Waals surface area contributed by atoms with E-state index in [0.717, 1.165) is 53.8 Å². The van der Waals surface area contributed by atoms with E-state index in [1.807, 2.05) is 60.7 Å². The zero-order valence-electron chi connectivity index (χ0n) is 18.6. The summed E-state index contributed by atoms with van der Waals surface area (Å²) >= 11 is 1.67. The van der Waals surface area contributed by atoms with Crippen molar-refractivity contribution in [1.29, 1.82) is 0 Å². The number of nitrogens with zero attached hydrogens (tertiary/aromatic N) is 4. The average molecular weight is 472 g/mol. The number of benzene rings is 3. The molecule has 0 spiro atoms. The number of aromatic nitrogens is 1. The lowest BCUT2D eigenvalue weighted by molar-refractivity contribution is -0.384. The van der Waals surface area contributed by atoms with E-state index in [0.29, 0.717) is 12.2 Å². The van der Waals surface area contributed by atoms with Crippen LogP contribution in [0.2, 0.25) is 0 Å². The lowest BCUT2D eigenvalue weighted by atomic mass is 10.2. The van der Waals surface area contributed by atoms with Crippen LogP contribution in [0.5, 0.6) is 0 Å². The Morgan fingerprint density at radius 3 is 2.29 bits per heavy atom. The summed E-state index contributed by atoms with van der Waals surface area (Å²) < 4.78 is 0. The van der Waals surface area contributed by atoms with Crippen LogP contribution in [0.4, 0.5) is 22.2 Å². The average Bonchev–Trinajstić information content (AvgIpc) is 3.39. The molecule has 1 aliphatic rings. The second kappa shape index (κ2) is 9.93. The highest BCUT2D eigenvalue weighted by atomic mass is 32.1. The van der Waals surface area contributed by atoms with E-state index >= 15 is 0 Å². The van der Waals surface area contributed by atoms with Crippen molar-refractivity contribution in [3.8, 4) is 11.3 Å². The van der Waals surface area contributed by atoms with Crippen LogP contribution in [0.3, 0.4) is 0 Å². The molecular formula is C26H25N5O2S. The van der Waals surface area contributed by atoms with E-state index in [4.69, 9.17) is 4.98 Å². The van der Waals surface area contributed by atoms with Crippen molar-refractivity contribution < 1.29 is 4.92 Å². The molecule has 3 aromatic carbocycles. The van der Waals surface area contributed by atoms with Crippen LogP contribution in [0.1, 0.15) is 5.56 Å². The van der Waals surface area contributed by atoms with Crippen LogP contribution in [-0.2, 0) is 6.54 Å². The van der Waals surface area contributed by atoms with Gasteiger partial charge in [-0.05, 0) is 17.7 Å². The fourth-order valence-corrected chi connectivity index (χ4v) is 5.01. The van der Waals surface area contributed by atoms with Crippen LogP contribution in [0, 0.1) is 10.1 Å². The Kier molecular flexibility index (Phi) is 6.40. The molecule has 7 nitrogen and oxygen atoms in total. The fourth-order valence-electron chi connectivity index (χ4n) is 4.12. The fraction of sp³-hybridized carbons (Fsp3) is 0.192. The summed E-state index contributed by atoms with van der Waals surface area (Å²) in [6.07, 6.45) is 0. The number of rotatable bonds is 7. The van der Waals surface area contributed by atoms with Crippen LogP contribution in [0.25, 0.3) is 11.3 Å². The first-order chi connectivity index (χ1) is 16.7. The van der Waals surface area contributed by atoms with Gasteiger partial charge in [-0.2, -0.15) is 0 Å². The predicted molar refractivity (Wildman–Crippen MR) is 139 cm³/mol. The summed E-state index contributed by atoms with van der Waals surface area (Å²) in [7, 11) is 0. The third-order valence-electron chi connectivity index (χ3n) is 5.98. The first-order valence-electron chi connectivity index (χ1n) is 11.2. The Bertz CT molecular complexity index is 1250. The lowest BCUT2D eigenvalue weighted by Gasteiger charge is -2.36. The highest BCUT2D eigenvalue weighted by Gasteiger charge is 2.22. The van der Waals surface area contributed by atoms with Crippen LogP contribution >= 0.6 is 11.3 Å². The third kappa shape index (κ3) is 4.87. The SMILES string of the molecule is O=[N+]([O-])c1ccc(N2CCN(c3nc(-c4ccccc4)cs3)CC2)cc1NCc1ccccc1. The number of hydrogen-bond donors (Lipinski definition) is 1. The topological polar surface area (TPSA) is 74.5 Å². The molecule has 0 atom stereocenters. The number of thiazole rings is 1. The van der Waals surface area contributed by atoms with Crippen molar-refractivity contribution in [3.63, 3.8) is 0 Å². The quantitative estimate of drug-likeness (QED) is 0.277. The van der Waals surface area contributed by atoms with Crippen molar-refractivity contribution in [2.45, 2.75) is 6.54 Å². The van der Waals surface area contributed by atoms with Gasteiger partial charge in [-0.3, -0.25) is 10.1 Å². The van der Waals surface area contributed by atoms with Gasteiger partial charge in [0.25, 0.3) is 5.69 Å². The third-order valence-corrected chi connectivity index (χ3v) is 6.88. The van der Waals surface area contributed by atoms with Gasteiger partial charge in [0.05, 0.1) is 10.6 Å². The van der Waals surface area contributed by atoms with Crippen molar-refractivity contribution in [2.75, 3.05) is 41.3 Å². The molecule has 1 fully saturated rings. The lowest BCUT2D eigenvalue weighted by Crippen LogP contribution is -2.46. The van der Waals surface area contributed by atoms with E-state index in [9.17, 15) is 10.1 Å². The largest absolute Gasteiger partial charge is 0.375 e. The van der Waals surface area contributed by atoms with Gasteiger partial charge in [-0.15, -0.1) is 11.3 Å². The Morgan fingerprint density at radius 1 is 0.912 bits per heavy atom. The number of nitro benzene ring substituents is 1. The van der Waals surface area contributed by atoms with Gasteiger partial charge in [-0.25, -0.2) is 4.98 Å². The molecule has 0 amide bonds. The Balaban J connectivity index is 1.26. The molecule has 0 aliphatic carbocycles. The van der Waals surface area contributed by atoms with Gasteiger partial charge in [0.2, 0.25) is 0 Å². The molecule has 0 saturated carbocycles. The van der Waals surface area contributed by atoms with Crippen molar-refractivity contribution >= 4 is 33.5 Å². The molecule has 4 aromatic rings. The molecular weight excluding hydrogens is 446 g/mol. The minimum absolute atomic E-state index is 0.0922. The van der Waals surface area contributed by atoms with E-state index in [-0.39, 0.29) is 10.6 Å². The molecule has 1 N–H and O–H groups in total. The Morgan fingerprint density at radius 2 is 1.59 bits per heavy atom. The maximum absolute atomic E-state index is 11.6. The monoisotopic (exact) mass is 471 g/mol. The zero-order chi connectivity index (χ0) is 23.3. The van der Waals surface area contributed by atoms with Gasteiger partial charge < -0.3 is 15.1 Å². The summed E-state index contributed by atoms with van der Waals surface area (Å²) in [5, 5.41) is 18.0. The molecule has 34 heavy (non-hydrogen) atoms. The predicted octanol–water partition coefficient (Wildman–Crippen LogP) is 5.66. The highest BCUT2D eigenvalue weighted by Crippen LogP contribution is 2.32. The number of anilines is 3. The molecule has 172 valence electrons. The number of piperazine rings is 1. The van der Waals surface area contributed by atoms with Crippen LogP contribution in [-0.4, -0.2) is 36.1 Å². The molecule has 5 rings (SSSR count). The minimum Gasteiger partial charge on any atom is -0.375 e. The first-order valence-corrected chi connectivity index (χ1v) is 12.1. The Hall–Kier alpha value is -3.91. The molecule has 8 heteroatoms. The highest BCUT2D eigenvalue weighted by molar-refractivity contribution is 7.14. The van der Waals surface area contributed by atoms with E-state index in [2.05, 4.69) is 32.6 Å². The van der Waals surface area contributed by atoms with Gasteiger partial charge >= 0.3 is 0 Å². The van der Waals surface area contributed by atoms with Crippen molar-refractivity contribution in [1.82, 2.24) is 4.98 Å². The number of nitrogens with one attached hydrogen (secondary N) is 1. The standard InChI is InChI=1S/C26H25N5O2S/c32-31(33)25-12-11-22(17-23(25)27-18-20-7-3-1-4-8-20)29-13-15-30(16-14-29)26-28-24(19-34-26)21-9-5-2-6-10-21/h1-12,17,19,27H,13-16,18H2. The molecule has 2 heterocycles. The maximum atomic E-state index is 11.6. The molecule has 1 aliphatic heterocycles. The van der Waals surface area contributed by atoms with Crippen LogP contribution < -0.4 is 15.1 Å². The summed E-state index contributed by atoms with van der Waals surface area (Å²) in [6.45, 7) is 3.90. The van der Waals surface area contributed by atoms with E-state index < -0.39 is 0 Å². The number of hydrogen-bond acceptors (Lipinski definition) is 7. The van der Waals surface area contributed by atoms with Gasteiger partial charge in [0.1, 0.15) is 5.69 Å². The molecule has 1 aromatic heterocycles. The molecule has 0 radical (unpaired) electrons. The van der Waals surface area contributed by atoms with E-state index in [1.54, 1.807) is 17.4 Å². The van der Waals surface area contributed by atoms with Gasteiger partial charge in [0.15, 0.2) is 5.13 Å². The van der Waals surface area contributed by atoms with Crippen molar-refractivity contribution in [3.05, 3.63) is 99.9 Å². The second-order valence-electron chi connectivity index (χ2n) is 8.15. The molecule has 0 bridgehead atoms.